The lowest BCUT2D eigenvalue weighted by atomic mass is 10.0. The predicted molar refractivity (Wildman–Crippen MR) is 85.3 cm³/mol. The molecule has 1 aliphatic heterocycles. The van der Waals surface area contributed by atoms with Gasteiger partial charge in [-0.3, -0.25) is 0 Å². The van der Waals surface area contributed by atoms with Crippen LogP contribution in [0.1, 0.15) is 44.7 Å². The first-order valence-corrected chi connectivity index (χ1v) is 8.68. The minimum atomic E-state index is 0.490. The molecule has 3 atom stereocenters. The maximum Gasteiger partial charge on any atom is 0.0320 e. The Morgan fingerprint density at radius 2 is 2.11 bits per heavy atom. The van der Waals surface area contributed by atoms with E-state index in [1.54, 1.807) is 0 Å². The van der Waals surface area contributed by atoms with Crippen molar-refractivity contribution < 1.29 is 0 Å². The molecule has 18 heavy (non-hydrogen) atoms. The summed E-state index contributed by atoms with van der Waals surface area (Å²) in [4.78, 5) is 0. The quantitative estimate of drug-likeness (QED) is 0.854. The van der Waals surface area contributed by atoms with Crippen LogP contribution in [0.5, 0.6) is 0 Å². The molecule has 3 heteroatoms. The zero-order valence-corrected chi connectivity index (χ0v) is 13.6. The van der Waals surface area contributed by atoms with Gasteiger partial charge in [-0.15, -0.1) is 0 Å². The first-order valence-electron chi connectivity index (χ1n) is 6.84. The third-order valence-electron chi connectivity index (χ3n) is 3.70. The SMILES string of the molecule is CCC(NC1CCCSC1C)c1ccc(Br)cc1. The number of hydrogen-bond donors (Lipinski definition) is 1. The van der Waals surface area contributed by atoms with Crippen molar-refractivity contribution in [3.8, 4) is 0 Å². The molecule has 1 aliphatic rings. The Kier molecular flexibility index (Phi) is 5.58. The van der Waals surface area contributed by atoms with Crippen molar-refractivity contribution in [2.24, 2.45) is 0 Å². The second-order valence-corrected chi connectivity index (χ2v) is 7.40. The highest BCUT2D eigenvalue weighted by Crippen LogP contribution is 2.28. The monoisotopic (exact) mass is 327 g/mol. The number of hydrogen-bond acceptors (Lipinski definition) is 2. The predicted octanol–water partition coefficient (Wildman–Crippen LogP) is 4.77. The van der Waals surface area contributed by atoms with E-state index in [1.807, 2.05) is 0 Å². The fraction of sp³-hybridized carbons (Fsp3) is 0.600. The van der Waals surface area contributed by atoms with Gasteiger partial charge in [-0.25, -0.2) is 0 Å². The summed E-state index contributed by atoms with van der Waals surface area (Å²) >= 11 is 5.61. The molecular formula is C15H22BrNS. The van der Waals surface area contributed by atoms with E-state index in [0.717, 1.165) is 16.1 Å². The second-order valence-electron chi connectivity index (χ2n) is 5.00. The van der Waals surface area contributed by atoms with E-state index < -0.39 is 0 Å². The number of thioether (sulfide) groups is 1. The van der Waals surface area contributed by atoms with E-state index in [1.165, 1.54) is 24.2 Å². The lowest BCUT2D eigenvalue weighted by Crippen LogP contribution is -2.41. The highest BCUT2D eigenvalue weighted by atomic mass is 79.9. The molecule has 0 aliphatic carbocycles. The molecule has 1 saturated heterocycles. The molecule has 1 heterocycles. The highest BCUT2D eigenvalue weighted by molar-refractivity contribution is 9.10. The van der Waals surface area contributed by atoms with Gasteiger partial charge < -0.3 is 5.32 Å². The maximum absolute atomic E-state index is 3.85. The summed E-state index contributed by atoms with van der Waals surface area (Å²) in [5, 5.41) is 4.59. The molecular weight excluding hydrogens is 306 g/mol. The lowest BCUT2D eigenvalue weighted by molar-refractivity contribution is 0.395. The zero-order chi connectivity index (χ0) is 13.0. The van der Waals surface area contributed by atoms with Crippen molar-refractivity contribution in [3.63, 3.8) is 0 Å². The van der Waals surface area contributed by atoms with E-state index in [9.17, 15) is 0 Å². The van der Waals surface area contributed by atoms with Gasteiger partial charge in [0.15, 0.2) is 0 Å². The largest absolute Gasteiger partial charge is 0.306 e. The molecule has 1 aromatic rings. The molecule has 0 aromatic heterocycles. The van der Waals surface area contributed by atoms with E-state index in [-0.39, 0.29) is 0 Å². The van der Waals surface area contributed by atoms with Crippen molar-refractivity contribution >= 4 is 27.7 Å². The lowest BCUT2D eigenvalue weighted by Gasteiger charge is -2.33. The standard InChI is InChI=1S/C15H22BrNS/c1-3-14(12-6-8-13(16)9-7-12)17-15-5-4-10-18-11(15)2/h6-9,11,14-15,17H,3-5,10H2,1-2H3. The van der Waals surface area contributed by atoms with Crippen LogP contribution in [-0.4, -0.2) is 17.0 Å². The summed E-state index contributed by atoms with van der Waals surface area (Å²) in [6.07, 6.45) is 3.82. The van der Waals surface area contributed by atoms with Crippen molar-refractivity contribution in [3.05, 3.63) is 34.3 Å². The van der Waals surface area contributed by atoms with Crippen LogP contribution < -0.4 is 5.32 Å². The van der Waals surface area contributed by atoms with Crippen molar-refractivity contribution in [1.29, 1.82) is 0 Å². The van der Waals surface area contributed by atoms with Crippen LogP contribution >= 0.6 is 27.7 Å². The van der Waals surface area contributed by atoms with Gasteiger partial charge >= 0.3 is 0 Å². The summed E-state index contributed by atoms with van der Waals surface area (Å²) in [6, 6.07) is 9.89. The van der Waals surface area contributed by atoms with Crippen molar-refractivity contribution in [2.75, 3.05) is 5.75 Å². The maximum atomic E-state index is 3.85. The topological polar surface area (TPSA) is 12.0 Å². The molecule has 0 amide bonds. The summed E-state index contributed by atoms with van der Waals surface area (Å²) in [5.41, 5.74) is 1.41. The first-order chi connectivity index (χ1) is 8.70. The Hall–Kier alpha value is 0.01000. The molecule has 2 rings (SSSR count). The minimum Gasteiger partial charge on any atom is -0.306 e. The number of halogens is 1. The highest BCUT2D eigenvalue weighted by Gasteiger charge is 2.24. The minimum absolute atomic E-state index is 0.490. The number of rotatable bonds is 4. The fourth-order valence-corrected chi connectivity index (χ4v) is 3.96. The normalized spacial score (nSPS) is 25.9. The van der Waals surface area contributed by atoms with E-state index in [0.29, 0.717) is 12.1 Å². The summed E-state index contributed by atoms with van der Waals surface area (Å²) in [5.74, 6) is 1.33. The van der Waals surface area contributed by atoms with E-state index in [4.69, 9.17) is 0 Å². The van der Waals surface area contributed by atoms with Crippen LogP contribution in [0.4, 0.5) is 0 Å². The van der Waals surface area contributed by atoms with Gasteiger partial charge in [-0.05, 0) is 42.7 Å². The summed E-state index contributed by atoms with van der Waals surface area (Å²) in [7, 11) is 0. The molecule has 3 unspecified atom stereocenters. The molecule has 1 nitrogen and oxygen atoms in total. The molecule has 0 spiro atoms. The van der Waals surface area contributed by atoms with Gasteiger partial charge in [0.05, 0.1) is 0 Å². The molecule has 100 valence electrons. The molecule has 0 saturated carbocycles. The van der Waals surface area contributed by atoms with Crippen LogP contribution in [0, 0.1) is 0 Å². The van der Waals surface area contributed by atoms with Gasteiger partial charge in [0.2, 0.25) is 0 Å². The third-order valence-corrected chi connectivity index (χ3v) is 5.61. The zero-order valence-electron chi connectivity index (χ0n) is 11.2. The van der Waals surface area contributed by atoms with Gasteiger partial charge in [0.25, 0.3) is 0 Å². The Balaban J connectivity index is 2.02. The number of benzene rings is 1. The number of nitrogens with one attached hydrogen (secondary N) is 1. The van der Waals surface area contributed by atoms with Crippen LogP contribution in [0.25, 0.3) is 0 Å². The average molecular weight is 328 g/mol. The van der Waals surface area contributed by atoms with Crippen LogP contribution in [0.15, 0.2) is 28.7 Å². The average Bonchev–Trinajstić information content (AvgIpc) is 2.39. The van der Waals surface area contributed by atoms with Crippen LogP contribution in [-0.2, 0) is 0 Å². The molecule has 0 radical (unpaired) electrons. The van der Waals surface area contributed by atoms with Crippen LogP contribution in [0.2, 0.25) is 0 Å². The third kappa shape index (κ3) is 3.75. The molecule has 1 N–H and O–H groups in total. The van der Waals surface area contributed by atoms with Gasteiger partial charge in [0, 0.05) is 21.8 Å². The smallest absolute Gasteiger partial charge is 0.0320 e. The van der Waals surface area contributed by atoms with Gasteiger partial charge in [-0.2, -0.15) is 11.8 Å². The van der Waals surface area contributed by atoms with E-state index in [2.05, 4.69) is 71.1 Å². The van der Waals surface area contributed by atoms with Gasteiger partial charge in [0.1, 0.15) is 0 Å². The van der Waals surface area contributed by atoms with E-state index >= 15 is 0 Å². The Morgan fingerprint density at radius 1 is 1.39 bits per heavy atom. The summed E-state index contributed by atoms with van der Waals surface area (Å²) < 4.78 is 1.16. The first kappa shape index (κ1) is 14.4. The molecule has 0 bridgehead atoms. The Bertz CT molecular complexity index is 365. The van der Waals surface area contributed by atoms with Gasteiger partial charge in [-0.1, -0.05) is 41.9 Å². The Labute approximate surface area is 123 Å². The fourth-order valence-electron chi connectivity index (χ4n) is 2.55. The van der Waals surface area contributed by atoms with Crippen LogP contribution in [0.3, 0.4) is 0 Å². The van der Waals surface area contributed by atoms with Crippen molar-refractivity contribution in [1.82, 2.24) is 5.32 Å². The second kappa shape index (κ2) is 6.97. The summed E-state index contributed by atoms with van der Waals surface area (Å²) in [6.45, 7) is 4.62. The van der Waals surface area contributed by atoms with Crippen molar-refractivity contribution in [2.45, 2.75) is 50.4 Å². The molecule has 1 fully saturated rings. The molecule has 1 aromatic carbocycles. The Morgan fingerprint density at radius 3 is 2.72 bits per heavy atom.